The predicted molar refractivity (Wildman–Crippen MR) is 116 cm³/mol. The molecule has 2 aromatic carbocycles. The minimum atomic E-state index is -0.912. The molecule has 2 aromatic rings. The van der Waals surface area contributed by atoms with Crippen LogP contribution in [0.3, 0.4) is 0 Å². The van der Waals surface area contributed by atoms with Crippen LogP contribution in [0.25, 0.3) is 0 Å². The number of nitrogens with zero attached hydrogens (tertiary/aromatic N) is 2. The Kier molecular flexibility index (Phi) is 6.33. The summed E-state index contributed by atoms with van der Waals surface area (Å²) in [6, 6.07) is 15.9. The maximum absolute atomic E-state index is 12.9. The number of carbonyl (C=O) groups is 2. The number of anilines is 1. The van der Waals surface area contributed by atoms with Gasteiger partial charge in [0.1, 0.15) is 11.5 Å². The third-order valence-corrected chi connectivity index (χ3v) is 5.43. The van der Waals surface area contributed by atoms with Crippen LogP contribution in [-0.4, -0.2) is 26.2 Å². The Morgan fingerprint density at radius 1 is 1.10 bits per heavy atom. The van der Waals surface area contributed by atoms with Crippen molar-refractivity contribution in [3.05, 3.63) is 87.3 Å². The van der Waals surface area contributed by atoms with E-state index < -0.39 is 17.9 Å². The minimum Gasteiger partial charge on any atom is -0.466 e. The van der Waals surface area contributed by atoms with E-state index in [-0.39, 0.29) is 22.7 Å². The Morgan fingerprint density at radius 2 is 1.74 bits per heavy atom. The van der Waals surface area contributed by atoms with Crippen molar-refractivity contribution in [1.29, 1.82) is 5.26 Å². The van der Waals surface area contributed by atoms with E-state index in [4.69, 9.17) is 26.8 Å². The van der Waals surface area contributed by atoms with Crippen LogP contribution in [0, 0.1) is 18.3 Å². The Morgan fingerprint density at radius 3 is 2.29 bits per heavy atom. The van der Waals surface area contributed by atoms with Gasteiger partial charge < -0.3 is 15.2 Å². The maximum atomic E-state index is 12.9. The monoisotopic (exact) mass is 437 g/mol. The first-order valence-electron chi connectivity index (χ1n) is 9.27. The third-order valence-electron chi connectivity index (χ3n) is 5.02. The number of halogens is 1. The van der Waals surface area contributed by atoms with Gasteiger partial charge in [0.2, 0.25) is 0 Å². The lowest BCUT2D eigenvalue weighted by atomic mass is 9.81. The van der Waals surface area contributed by atoms with Crippen molar-refractivity contribution in [3.8, 4) is 6.07 Å². The predicted octanol–water partition coefficient (Wildman–Crippen LogP) is 3.55. The lowest BCUT2D eigenvalue weighted by molar-refractivity contribution is -0.139. The van der Waals surface area contributed by atoms with E-state index in [2.05, 4.69) is 6.07 Å². The Balaban J connectivity index is 2.41. The molecule has 31 heavy (non-hydrogen) atoms. The lowest BCUT2D eigenvalue weighted by Crippen LogP contribution is -2.40. The number of nitriles is 1. The van der Waals surface area contributed by atoms with Gasteiger partial charge in [-0.25, -0.2) is 9.59 Å². The second-order valence-corrected chi connectivity index (χ2v) is 7.18. The molecule has 7 nitrogen and oxygen atoms in total. The molecule has 0 spiro atoms. The molecule has 0 aromatic heterocycles. The molecule has 2 N–H and O–H groups in total. The van der Waals surface area contributed by atoms with Gasteiger partial charge in [0, 0.05) is 10.7 Å². The van der Waals surface area contributed by atoms with E-state index >= 15 is 0 Å². The van der Waals surface area contributed by atoms with Crippen LogP contribution >= 0.6 is 11.6 Å². The van der Waals surface area contributed by atoms with Gasteiger partial charge in [-0.2, -0.15) is 5.26 Å². The first kappa shape index (κ1) is 21.9. The highest BCUT2D eigenvalue weighted by atomic mass is 35.5. The molecule has 3 rings (SSSR count). The number of nitrogens with two attached hydrogens (primary N) is 1. The zero-order chi connectivity index (χ0) is 22.7. The second kappa shape index (κ2) is 8.94. The molecule has 1 atom stereocenters. The molecule has 0 aliphatic carbocycles. The summed E-state index contributed by atoms with van der Waals surface area (Å²) in [7, 11) is 2.40. The average Bonchev–Trinajstić information content (AvgIpc) is 2.79. The summed E-state index contributed by atoms with van der Waals surface area (Å²) in [6.45, 7) is 1.82. The standard InChI is InChI=1S/C23H20ClN3O4/c1-13-9-10-15(11-17(13)24)27-20(23(29)31-3)19(22(28)30-2)18(16(12-25)21(27)26)14-7-5-4-6-8-14/h4-11,18H,26H2,1-3H3. The summed E-state index contributed by atoms with van der Waals surface area (Å²) in [5.41, 5.74) is 8.12. The Hall–Kier alpha value is -3.76. The number of ether oxygens (including phenoxy) is 2. The van der Waals surface area contributed by atoms with Crippen LogP contribution in [0.2, 0.25) is 5.02 Å². The zero-order valence-electron chi connectivity index (χ0n) is 17.2. The smallest absolute Gasteiger partial charge is 0.355 e. The quantitative estimate of drug-likeness (QED) is 0.729. The average molecular weight is 438 g/mol. The van der Waals surface area contributed by atoms with E-state index in [1.165, 1.54) is 19.1 Å². The first-order valence-corrected chi connectivity index (χ1v) is 9.65. The molecule has 1 aliphatic rings. The van der Waals surface area contributed by atoms with Crippen molar-refractivity contribution in [2.45, 2.75) is 12.8 Å². The van der Waals surface area contributed by atoms with Gasteiger partial charge in [-0.15, -0.1) is 0 Å². The fraction of sp³-hybridized carbons (Fsp3) is 0.174. The van der Waals surface area contributed by atoms with E-state index in [0.29, 0.717) is 16.3 Å². The molecule has 0 radical (unpaired) electrons. The van der Waals surface area contributed by atoms with Crippen molar-refractivity contribution < 1.29 is 19.1 Å². The maximum Gasteiger partial charge on any atom is 0.355 e. The third kappa shape index (κ3) is 3.86. The van der Waals surface area contributed by atoms with Gasteiger partial charge in [-0.3, -0.25) is 4.90 Å². The first-order chi connectivity index (χ1) is 14.8. The molecule has 8 heteroatoms. The van der Waals surface area contributed by atoms with Gasteiger partial charge in [-0.05, 0) is 30.2 Å². The Labute approximate surface area is 184 Å². The number of methoxy groups -OCH3 is 2. The van der Waals surface area contributed by atoms with Crippen molar-refractivity contribution in [2.75, 3.05) is 19.1 Å². The van der Waals surface area contributed by atoms with Crippen LogP contribution < -0.4 is 10.6 Å². The summed E-state index contributed by atoms with van der Waals surface area (Å²) >= 11 is 6.29. The van der Waals surface area contributed by atoms with E-state index in [1.807, 2.05) is 6.92 Å². The number of benzene rings is 2. The minimum absolute atomic E-state index is 0.00988. The molecule has 0 amide bonds. The number of carbonyl (C=O) groups excluding carboxylic acids is 2. The highest BCUT2D eigenvalue weighted by Crippen LogP contribution is 2.43. The summed E-state index contributed by atoms with van der Waals surface area (Å²) in [4.78, 5) is 27.2. The molecule has 1 heterocycles. The molecule has 0 fully saturated rings. The number of hydrogen-bond donors (Lipinski definition) is 1. The number of esters is 2. The number of allylic oxidation sites excluding steroid dienone is 1. The largest absolute Gasteiger partial charge is 0.466 e. The zero-order valence-corrected chi connectivity index (χ0v) is 17.9. The number of rotatable bonds is 4. The van der Waals surface area contributed by atoms with E-state index in [1.54, 1.807) is 48.5 Å². The van der Waals surface area contributed by atoms with Crippen LogP contribution in [0.4, 0.5) is 5.69 Å². The van der Waals surface area contributed by atoms with Crippen LogP contribution in [0.5, 0.6) is 0 Å². The summed E-state index contributed by atoms with van der Waals surface area (Å²) < 4.78 is 9.97. The molecule has 1 aliphatic heterocycles. The van der Waals surface area contributed by atoms with Crippen LogP contribution in [0.1, 0.15) is 17.0 Å². The highest BCUT2D eigenvalue weighted by Gasteiger charge is 2.43. The fourth-order valence-electron chi connectivity index (χ4n) is 3.50. The molecule has 0 saturated heterocycles. The van der Waals surface area contributed by atoms with E-state index in [0.717, 1.165) is 5.56 Å². The van der Waals surface area contributed by atoms with Crippen LogP contribution in [0.15, 0.2) is 71.2 Å². The Bertz CT molecular complexity index is 1150. The van der Waals surface area contributed by atoms with Gasteiger partial charge in [0.05, 0.1) is 37.4 Å². The van der Waals surface area contributed by atoms with Crippen molar-refractivity contribution in [3.63, 3.8) is 0 Å². The van der Waals surface area contributed by atoms with Gasteiger partial charge in [0.15, 0.2) is 0 Å². The number of hydrogen-bond acceptors (Lipinski definition) is 7. The summed E-state index contributed by atoms with van der Waals surface area (Å²) in [5, 5.41) is 10.4. The van der Waals surface area contributed by atoms with Gasteiger partial charge in [-0.1, -0.05) is 48.0 Å². The molecule has 158 valence electrons. The molecular formula is C23H20ClN3O4. The van der Waals surface area contributed by atoms with E-state index in [9.17, 15) is 14.9 Å². The molecular weight excluding hydrogens is 418 g/mol. The molecule has 0 bridgehead atoms. The van der Waals surface area contributed by atoms with Gasteiger partial charge in [0.25, 0.3) is 0 Å². The normalized spacial score (nSPS) is 16.1. The van der Waals surface area contributed by atoms with Gasteiger partial charge >= 0.3 is 11.9 Å². The SMILES string of the molecule is COC(=O)C1=C(C(=O)OC)N(c2ccc(C)c(Cl)c2)C(N)=C(C#N)C1c1ccccc1. The van der Waals surface area contributed by atoms with Crippen molar-refractivity contribution in [1.82, 2.24) is 0 Å². The number of aryl methyl sites for hydroxylation is 1. The molecule has 1 unspecified atom stereocenters. The van der Waals surface area contributed by atoms with Crippen molar-refractivity contribution in [2.24, 2.45) is 5.73 Å². The molecule has 0 saturated carbocycles. The lowest BCUT2D eigenvalue weighted by Gasteiger charge is -2.36. The highest BCUT2D eigenvalue weighted by molar-refractivity contribution is 6.31. The van der Waals surface area contributed by atoms with Crippen LogP contribution in [-0.2, 0) is 19.1 Å². The fourth-order valence-corrected chi connectivity index (χ4v) is 3.68. The second-order valence-electron chi connectivity index (χ2n) is 6.77. The summed E-state index contributed by atoms with van der Waals surface area (Å²) in [5.74, 6) is -2.51. The van der Waals surface area contributed by atoms with Crippen molar-refractivity contribution >= 4 is 29.2 Å². The summed E-state index contributed by atoms with van der Waals surface area (Å²) in [6.07, 6.45) is 0. The topological polar surface area (TPSA) is 106 Å².